The Morgan fingerprint density at radius 2 is 1.74 bits per heavy atom. The van der Waals surface area contributed by atoms with Crippen molar-refractivity contribution in [1.29, 1.82) is 0 Å². The van der Waals surface area contributed by atoms with Crippen LogP contribution in [-0.4, -0.2) is 18.1 Å². The Kier molecular flexibility index (Phi) is 6.48. The van der Waals surface area contributed by atoms with E-state index in [9.17, 15) is 4.79 Å². The van der Waals surface area contributed by atoms with E-state index < -0.39 is 6.10 Å². The van der Waals surface area contributed by atoms with E-state index in [0.29, 0.717) is 10.8 Å². The summed E-state index contributed by atoms with van der Waals surface area (Å²) in [6.07, 6.45) is 1.23. The molecule has 0 bridgehead atoms. The highest BCUT2D eigenvalue weighted by Crippen LogP contribution is 2.24. The molecule has 2 aromatic rings. The summed E-state index contributed by atoms with van der Waals surface area (Å²) in [5, 5.41) is 3.49. The number of rotatable bonds is 7. The van der Waals surface area contributed by atoms with Crippen molar-refractivity contribution in [2.24, 2.45) is 0 Å². The minimum atomic E-state index is -0.589. The molecule has 4 heteroatoms. The highest BCUT2D eigenvalue weighted by Gasteiger charge is 2.17. The van der Waals surface area contributed by atoms with Gasteiger partial charge in [-0.25, -0.2) is 0 Å². The van der Waals surface area contributed by atoms with Crippen molar-refractivity contribution in [3.63, 3.8) is 0 Å². The van der Waals surface area contributed by atoms with Crippen molar-refractivity contribution in [2.75, 3.05) is 0 Å². The van der Waals surface area contributed by atoms with E-state index in [0.717, 1.165) is 12.8 Å². The number of aryl methyl sites for hydroxylation is 1. The number of carbonyl (C=O) groups is 1. The fourth-order valence-corrected chi connectivity index (χ4v) is 2.42. The van der Waals surface area contributed by atoms with Gasteiger partial charge >= 0.3 is 0 Å². The summed E-state index contributed by atoms with van der Waals surface area (Å²) in [6, 6.07) is 17.5. The van der Waals surface area contributed by atoms with Gasteiger partial charge in [0.2, 0.25) is 0 Å². The second-order valence-corrected chi connectivity index (χ2v) is 6.03. The minimum absolute atomic E-state index is 0.0833. The number of halogens is 1. The quantitative estimate of drug-likeness (QED) is 0.824. The zero-order valence-corrected chi connectivity index (χ0v) is 14.2. The Balaban J connectivity index is 1.80. The van der Waals surface area contributed by atoms with E-state index in [-0.39, 0.29) is 11.9 Å². The standard InChI is InChI=1S/C19H22ClNO2/c1-14(12-13-16-8-4-3-5-9-16)21-19(22)15(2)23-18-11-7-6-10-17(18)20/h3-11,14-15H,12-13H2,1-2H3,(H,21,22)/t14-,15-/m0/s1. The van der Waals surface area contributed by atoms with Gasteiger partial charge in [0.05, 0.1) is 5.02 Å². The third-order valence-corrected chi connectivity index (χ3v) is 3.92. The summed E-state index contributed by atoms with van der Waals surface area (Å²) >= 11 is 6.04. The fraction of sp³-hybridized carbons (Fsp3) is 0.316. The highest BCUT2D eigenvalue weighted by atomic mass is 35.5. The summed E-state index contributed by atoms with van der Waals surface area (Å²) in [7, 11) is 0. The summed E-state index contributed by atoms with van der Waals surface area (Å²) in [6.45, 7) is 3.73. The first-order valence-corrected chi connectivity index (χ1v) is 8.19. The van der Waals surface area contributed by atoms with Crippen LogP contribution in [0.5, 0.6) is 5.75 Å². The van der Waals surface area contributed by atoms with Crippen LogP contribution >= 0.6 is 11.6 Å². The molecule has 0 spiro atoms. The molecule has 122 valence electrons. The number of hydrogen-bond donors (Lipinski definition) is 1. The molecule has 2 atom stereocenters. The number of hydrogen-bond acceptors (Lipinski definition) is 2. The first kappa shape index (κ1) is 17.4. The van der Waals surface area contributed by atoms with Gasteiger partial charge in [-0.2, -0.15) is 0 Å². The molecular weight excluding hydrogens is 310 g/mol. The SMILES string of the molecule is C[C@H](Oc1ccccc1Cl)C(=O)N[C@@H](C)CCc1ccccc1. The molecule has 0 saturated heterocycles. The second kappa shape index (κ2) is 8.59. The van der Waals surface area contributed by atoms with Crippen molar-refractivity contribution < 1.29 is 9.53 Å². The van der Waals surface area contributed by atoms with Gasteiger partial charge in [-0.3, -0.25) is 4.79 Å². The molecule has 0 unspecified atom stereocenters. The van der Waals surface area contributed by atoms with Crippen LogP contribution in [0.2, 0.25) is 5.02 Å². The van der Waals surface area contributed by atoms with Crippen LogP contribution in [0.4, 0.5) is 0 Å². The van der Waals surface area contributed by atoms with Crippen LogP contribution in [0, 0.1) is 0 Å². The number of nitrogens with one attached hydrogen (secondary N) is 1. The van der Waals surface area contributed by atoms with Crippen LogP contribution in [0.15, 0.2) is 54.6 Å². The Bertz CT molecular complexity index is 630. The van der Waals surface area contributed by atoms with E-state index in [1.165, 1.54) is 5.56 Å². The number of amides is 1. The van der Waals surface area contributed by atoms with Gasteiger partial charge in [-0.1, -0.05) is 54.1 Å². The van der Waals surface area contributed by atoms with Crippen LogP contribution < -0.4 is 10.1 Å². The smallest absolute Gasteiger partial charge is 0.260 e. The first-order valence-electron chi connectivity index (χ1n) is 7.81. The molecule has 0 aromatic heterocycles. The molecule has 0 radical (unpaired) electrons. The Morgan fingerprint density at radius 1 is 1.09 bits per heavy atom. The summed E-state index contributed by atoms with van der Waals surface area (Å²) in [5.74, 6) is 0.388. The summed E-state index contributed by atoms with van der Waals surface area (Å²) < 4.78 is 5.63. The monoisotopic (exact) mass is 331 g/mol. The van der Waals surface area contributed by atoms with Gasteiger partial charge in [0, 0.05) is 6.04 Å². The highest BCUT2D eigenvalue weighted by molar-refractivity contribution is 6.32. The predicted octanol–water partition coefficient (Wildman–Crippen LogP) is 4.24. The minimum Gasteiger partial charge on any atom is -0.479 e. The van der Waals surface area contributed by atoms with Gasteiger partial charge in [-0.05, 0) is 44.4 Å². The van der Waals surface area contributed by atoms with Crippen LogP contribution in [0.1, 0.15) is 25.8 Å². The lowest BCUT2D eigenvalue weighted by molar-refractivity contribution is -0.127. The summed E-state index contributed by atoms with van der Waals surface area (Å²) in [4.78, 5) is 12.2. The fourth-order valence-electron chi connectivity index (χ4n) is 2.24. The zero-order chi connectivity index (χ0) is 16.7. The Hall–Kier alpha value is -2.00. The predicted molar refractivity (Wildman–Crippen MR) is 93.9 cm³/mol. The lowest BCUT2D eigenvalue weighted by Gasteiger charge is -2.19. The molecule has 0 heterocycles. The maximum Gasteiger partial charge on any atom is 0.260 e. The molecular formula is C19H22ClNO2. The van der Waals surface area contributed by atoms with Crippen molar-refractivity contribution in [3.05, 3.63) is 65.2 Å². The average molecular weight is 332 g/mol. The van der Waals surface area contributed by atoms with Crippen molar-refractivity contribution >= 4 is 17.5 Å². The molecule has 23 heavy (non-hydrogen) atoms. The molecule has 1 amide bonds. The van der Waals surface area contributed by atoms with Crippen molar-refractivity contribution in [1.82, 2.24) is 5.32 Å². The molecule has 2 aromatic carbocycles. The van der Waals surface area contributed by atoms with Crippen LogP contribution in [0.3, 0.4) is 0 Å². The first-order chi connectivity index (χ1) is 11.1. The molecule has 0 aliphatic heterocycles. The number of para-hydroxylation sites is 1. The number of ether oxygens (including phenoxy) is 1. The topological polar surface area (TPSA) is 38.3 Å². The van der Waals surface area contributed by atoms with Crippen LogP contribution in [0.25, 0.3) is 0 Å². The van der Waals surface area contributed by atoms with E-state index in [2.05, 4.69) is 17.4 Å². The van der Waals surface area contributed by atoms with E-state index in [1.807, 2.05) is 37.3 Å². The maximum absolute atomic E-state index is 12.2. The Morgan fingerprint density at radius 3 is 2.43 bits per heavy atom. The largest absolute Gasteiger partial charge is 0.479 e. The lowest BCUT2D eigenvalue weighted by Crippen LogP contribution is -2.41. The van der Waals surface area contributed by atoms with E-state index in [1.54, 1.807) is 19.1 Å². The maximum atomic E-state index is 12.2. The van der Waals surface area contributed by atoms with Crippen molar-refractivity contribution in [2.45, 2.75) is 38.8 Å². The molecule has 2 rings (SSSR count). The summed E-state index contributed by atoms with van der Waals surface area (Å²) in [5.41, 5.74) is 1.27. The third kappa shape index (κ3) is 5.61. The molecule has 0 aliphatic rings. The molecule has 0 saturated carbocycles. The van der Waals surface area contributed by atoms with Gasteiger partial charge in [0.15, 0.2) is 6.10 Å². The molecule has 0 fully saturated rings. The second-order valence-electron chi connectivity index (χ2n) is 5.62. The normalized spacial score (nSPS) is 13.2. The van der Waals surface area contributed by atoms with Gasteiger partial charge < -0.3 is 10.1 Å². The number of benzene rings is 2. The third-order valence-electron chi connectivity index (χ3n) is 3.61. The van der Waals surface area contributed by atoms with Crippen molar-refractivity contribution in [3.8, 4) is 5.75 Å². The lowest BCUT2D eigenvalue weighted by atomic mass is 10.1. The zero-order valence-electron chi connectivity index (χ0n) is 13.5. The molecule has 3 nitrogen and oxygen atoms in total. The van der Waals surface area contributed by atoms with E-state index >= 15 is 0 Å². The molecule has 0 aliphatic carbocycles. The average Bonchev–Trinajstić information content (AvgIpc) is 2.56. The van der Waals surface area contributed by atoms with Gasteiger partial charge in [-0.15, -0.1) is 0 Å². The van der Waals surface area contributed by atoms with Crippen LogP contribution in [-0.2, 0) is 11.2 Å². The van der Waals surface area contributed by atoms with E-state index in [4.69, 9.17) is 16.3 Å². The van der Waals surface area contributed by atoms with Gasteiger partial charge in [0.25, 0.3) is 5.91 Å². The Labute approximate surface area is 142 Å². The molecule has 1 N–H and O–H groups in total. The number of carbonyl (C=O) groups excluding carboxylic acids is 1. The van der Waals surface area contributed by atoms with Gasteiger partial charge in [0.1, 0.15) is 5.75 Å².